The van der Waals surface area contributed by atoms with Gasteiger partial charge >= 0.3 is 11.9 Å². The SMILES string of the molecule is COC(=O)C(=Cc1cnc(C)n1Cc1ccccc1)CC(=O)O. The maximum atomic E-state index is 11.7. The molecule has 2 aromatic rings. The van der Waals surface area contributed by atoms with Crippen LogP contribution in [0, 0.1) is 6.92 Å². The fraction of sp³-hybridized carbons (Fsp3) is 0.235. The third kappa shape index (κ3) is 4.29. The molecular weight excluding hydrogens is 296 g/mol. The number of aromatic nitrogens is 2. The average Bonchev–Trinajstić information content (AvgIpc) is 2.87. The molecule has 120 valence electrons. The van der Waals surface area contributed by atoms with Crippen molar-refractivity contribution in [2.45, 2.75) is 19.9 Å². The molecule has 0 aliphatic rings. The van der Waals surface area contributed by atoms with E-state index in [-0.39, 0.29) is 5.57 Å². The number of carboxylic acids is 1. The lowest BCUT2D eigenvalue weighted by Crippen LogP contribution is -2.10. The molecule has 6 heteroatoms. The zero-order valence-corrected chi connectivity index (χ0v) is 13.0. The van der Waals surface area contributed by atoms with Gasteiger partial charge < -0.3 is 14.4 Å². The second-order valence-corrected chi connectivity index (χ2v) is 5.03. The summed E-state index contributed by atoms with van der Waals surface area (Å²) in [6.45, 7) is 2.44. The Bertz CT molecular complexity index is 732. The van der Waals surface area contributed by atoms with Crippen molar-refractivity contribution in [3.63, 3.8) is 0 Å². The lowest BCUT2D eigenvalue weighted by molar-refractivity contribution is -0.141. The maximum absolute atomic E-state index is 11.7. The van der Waals surface area contributed by atoms with E-state index in [2.05, 4.69) is 9.72 Å². The lowest BCUT2D eigenvalue weighted by Gasteiger charge is -2.09. The number of methoxy groups -OCH3 is 1. The Kier molecular flexibility index (Phi) is 5.30. The number of hydrogen-bond donors (Lipinski definition) is 1. The van der Waals surface area contributed by atoms with Crippen molar-refractivity contribution in [1.82, 2.24) is 9.55 Å². The Labute approximate surface area is 134 Å². The molecule has 1 N–H and O–H groups in total. The predicted molar refractivity (Wildman–Crippen MR) is 84.8 cm³/mol. The highest BCUT2D eigenvalue weighted by atomic mass is 16.5. The van der Waals surface area contributed by atoms with Gasteiger partial charge in [-0.1, -0.05) is 30.3 Å². The van der Waals surface area contributed by atoms with E-state index in [0.29, 0.717) is 12.2 Å². The summed E-state index contributed by atoms with van der Waals surface area (Å²) in [5.74, 6) is -0.968. The van der Waals surface area contributed by atoms with Crippen LogP contribution in [0.25, 0.3) is 6.08 Å². The summed E-state index contributed by atoms with van der Waals surface area (Å²) in [6.07, 6.45) is 2.73. The summed E-state index contributed by atoms with van der Waals surface area (Å²) in [7, 11) is 1.23. The molecule has 6 nitrogen and oxygen atoms in total. The second-order valence-electron chi connectivity index (χ2n) is 5.03. The molecule has 0 saturated carbocycles. The van der Waals surface area contributed by atoms with Crippen molar-refractivity contribution < 1.29 is 19.4 Å². The predicted octanol–water partition coefficient (Wildman–Crippen LogP) is 2.27. The summed E-state index contributed by atoms with van der Waals surface area (Å²) in [4.78, 5) is 26.9. The van der Waals surface area contributed by atoms with Crippen molar-refractivity contribution in [3.8, 4) is 0 Å². The number of esters is 1. The topological polar surface area (TPSA) is 81.4 Å². The van der Waals surface area contributed by atoms with Gasteiger partial charge in [0.15, 0.2) is 0 Å². The van der Waals surface area contributed by atoms with E-state index >= 15 is 0 Å². The fourth-order valence-corrected chi connectivity index (χ4v) is 2.23. The average molecular weight is 314 g/mol. The minimum absolute atomic E-state index is 0.0780. The van der Waals surface area contributed by atoms with Gasteiger partial charge in [0.05, 0.1) is 31.0 Å². The summed E-state index contributed by atoms with van der Waals surface area (Å²) in [5, 5.41) is 8.94. The van der Waals surface area contributed by atoms with Crippen molar-refractivity contribution in [3.05, 3.63) is 59.2 Å². The monoisotopic (exact) mass is 314 g/mol. The van der Waals surface area contributed by atoms with Crippen LogP contribution in [0.2, 0.25) is 0 Å². The van der Waals surface area contributed by atoms with Crippen LogP contribution in [0.5, 0.6) is 0 Å². The van der Waals surface area contributed by atoms with Crippen LogP contribution in [0.3, 0.4) is 0 Å². The van der Waals surface area contributed by atoms with E-state index in [0.717, 1.165) is 11.4 Å². The van der Waals surface area contributed by atoms with Crippen LogP contribution in [0.15, 0.2) is 42.1 Å². The van der Waals surface area contributed by atoms with Crippen LogP contribution in [-0.4, -0.2) is 33.7 Å². The molecular formula is C17H18N2O4. The lowest BCUT2D eigenvalue weighted by atomic mass is 10.1. The van der Waals surface area contributed by atoms with Gasteiger partial charge in [0.25, 0.3) is 0 Å². The largest absolute Gasteiger partial charge is 0.481 e. The summed E-state index contributed by atoms with van der Waals surface area (Å²) >= 11 is 0. The third-order valence-corrected chi connectivity index (χ3v) is 3.38. The van der Waals surface area contributed by atoms with E-state index in [4.69, 9.17) is 5.11 Å². The number of hydrogen-bond acceptors (Lipinski definition) is 4. The number of imidazole rings is 1. The van der Waals surface area contributed by atoms with E-state index < -0.39 is 18.4 Å². The number of carboxylic acid groups (broad SMARTS) is 1. The number of carbonyl (C=O) groups excluding carboxylic acids is 1. The number of benzene rings is 1. The number of rotatable bonds is 6. The molecule has 0 saturated heterocycles. The van der Waals surface area contributed by atoms with Gasteiger partial charge in [0, 0.05) is 6.54 Å². The molecule has 0 amide bonds. The first kappa shape index (κ1) is 16.5. The molecule has 0 unspecified atom stereocenters. The highest BCUT2D eigenvalue weighted by molar-refractivity contribution is 5.97. The third-order valence-electron chi connectivity index (χ3n) is 3.38. The number of nitrogens with zero attached hydrogens (tertiary/aromatic N) is 2. The summed E-state index contributed by atoms with van der Waals surface area (Å²) in [5.41, 5.74) is 1.82. The Balaban J connectivity index is 2.37. The normalized spacial score (nSPS) is 11.3. The van der Waals surface area contributed by atoms with Crippen molar-refractivity contribution in [2.24, 2.45) is 0 Å². The van der Waals surface area contributed by atoms with E-state index in [9.17, 15) is 9.59 Å². The Morgan fingerprint density at radius 1 is 1.30 bits per heavy atom. The van der Waals surface area contributed by atoms with Gasteiger partial charge in [-0.3, -0.25) is 4.79 Å². The molecule has 2 rings (SSSR count). The van der Waals surface area contributed by atoms with Crippen LogP contribution < -0.4 is 0 Å². The fourth-order valence-electron chi connectivity index (χ4n) is 2.23. The van der Waals surface area contributed by atoms with Gasteiger partial charge in [0.2, 0.25) is 0 Å². The standard InChI is InChI=1S/C17H18N2O4/c1-12-18-10-15(8-14(9-16(20)21)17(22)23-2)19(12)11-13-6-4-3-5-7-13/h3-8,10H,9,11H2,1-2H3,(H,20,21). The highest BCUT2D eigenvalue weighted by Gasteiger charge is 2.15. The van der Waals surface area contributed by atoms with E-state index in [1.165, 1.54) is 13.2 Å². The molecule has 0 aliphatic carbocycles. The molecule has 23 heavy (non-hydrogen) atoms. The van der Waals surface area contributed by atoms with Crippen molar-refractivity contribution in [2.75, 3.05) is 7.11 Å². The molecule has 1 aromatic carbocycles. The highest BCUT2D eigenvalue weighted by Crippen LogP contribution is 2.15. The van der Waals surface area contributed by atoms with Gasteiger partial charge in [-0.25, -0.2) is 9.78 Å². The van der Waals surface area contributed by atoms with Gasteiger partial charge in [-0.2, -0.15) is 0 Å². The Hall–Kier alpha value is -2.89. The quantitative estimate of drug-likeness (QED) is 0.653. The molecule has 0 atom stereocenters. The minimum atomic E-state index is -1.09. The first-order valence-electron chi connectivity index (χ1n) is 7.08. The van der Waals surface area contributed by atoms with Gasteiger partial charge in [-0.05, 0) is 18.6 Å². The number of carbonyl (C=O) groups is 2. The van der Waals surface area contributed by atoms with Crippen LogP contribution in [-0.2, 0) is 20.9 Å². The molecule has 0 bridgehead atoms. The van der Waals surface area contributed by atoms with Crippen LogP contribution >= 0.6 is 0 Å². The number of aliphatic carboxylic acids is 1. The number of ether oxygens (including phenoxy) is 1. The van der Waals surface area contributed by atoms with Gasteiger partial charge in [0.1, 0.15) is 5.82 Å². The maximum Gasteiger partial charge on any atom is 0.334 e. The Morgan fingerprint density at radius 3 is 2.61 bits per heavy atom. The van der Waals surface area contributed by atoms with E-state index in [1.807, 2.05) is 41.8 Å². The first-order valence-corrected chi connectivity index (χ1v) is 7.08. The Morgan fingerprint density at radius 2 is 2.00 bits per heavy atom. The molecule has 0 radical (unpaired) electrons. The van der Waals surface area contributed by atoms with Crippen molar-refractivity contribution in [1.29, 1.82) is 0 Å². The molecule has 1 heterocycles. The molecule has 0 spiro atoms. The smallest absolute Gasteiger partial charge is 0.334 e. The van der Waals surface area contributed by atoms with Crippen LogP contribution in [0.4, 0.5) is 0 Å². The summed E-state index contributed by atoms with van der Waals surface area (Å²) in [6, 6.07) is 9.81. The minimum Gasteiger partial charge on any atom is -0.481 e. The molecule has 0 fully saturated rings. The van der Waals surface area contributed by atoms with Crippen molar-refractivity contribution >= 4 is 18.0 Å². The summed E-state index contributed by atoms with van der Waals surface area (Å²) < 4.78 is 6.57. The number of aryl methyl sites for hydroxylation is 1. The van der Waals surface area contributed by atoms with Gasteiger partial charge in [-0.15, -0.1) is 0 Å². The van der Waals surface area contributed by atoms with E-state index in [1.54, 1.807) is 6.20 Å². The zero-order valence-electron chi connectivity index (χ0n) is 13.0. The molecule has 1 aromatic heterocycles. The van der Waals surface area contributed by atoms with Crippen LogP contribution in [0.1, 0.15) is 23.5 Å². The first-order chi connectivity index (χ1) is 11.0. The molecule has 0 aliphatic heterocycles. The zero-order chi connectivity index (χ0) is 16.8. The second kappa shape index (κ2) is 7.40.